The topological polar surface area (TPSA) is 104 Å². The molecule has 1 aromatic rings. The third-order valence-corrected chi connectivity index (χ3v) is 5.28. The van der Waals surface area contributed by atoms with E-state index in [2.05, 4.69) is 10.0 Å². The summed E-state index contributed by atoms with van der Waals surface area (Å²) in [6.07, 6.45) is 3.70. The number of hydrogen-bond donors (Lipinski definition) is 4. The molecule has 112 valence electrons. The van der Waals surface area contributed by atoms with E-state index >= 15 is 0 Å². The van der Waals surface area contributed by atoms with Crippen LogP contribution in [-0.4, -0.2) is 32.7 Å². The van der Waals surface area contributed by atoms with Crippen molar-refractivity contribution in [3.05, 3.63) is 18.2 Å². The van der Waals surface area contributed by atoms with Gasteiger partial charge < -0.3 is 16.2 Å². The highest BCUT2D eigenvalue weighted by Crippen LogP contribution is 2.35. The molecule has 0 bridgehead atoms. The molecule has 0 saturated heterocycles. The van der Waals surface area contributed by atoms with Crippen molar-refractivity contribution in [2.75, 3.05) is 24.7 Å². The molecule has 0 aromatic heterocycles. The van der Waals surface area contributed by atoms with Gasteiger partial charge in [-0.15, -0.1) is 0 Å². The first kappa shape index (κ1) is 15.1. The average Bonchev–Trinajstić information content (AvgIpc) is 2.90. The number of aliphatic hydroxyl groups is 1. The number of nitrogens with one attached hydrogen (secondary N) is 2. The number of rotatable bonds is 5. The van der Waals surface area contributed by atoms with Crippen molar-refractivity contribution in [2.24, 2.45) is 0 Å². The molecular formula is C13H21N3O3S. The molecule has 0 unspecified atom stereocenters. The van der Waals surface area contributed by atoms with Crippen molar-refractivity contribution in [1.82, 2.24) is 4.72 Å². The summed E-state index contributed by atoms with van der Waals surface area (Å²) in [5.74, 6) is 0. The second kappa shape index (κ2) is 5.59. The van der Waals surface area contributed by atoms with E-state index in [1.165, 1.54) is 13.1 Å². The van der Waals surface area contributed by atoms with Crippen molar-refractivity contribution < 1.29 is 13.5 Å². The number of anilines is 2. The van der Waals surface area contributed by atoms with Crippen LogP contribution in [0.2, 0.25) is 0 Å². The first-order chi connectivity index (χ1) is 9.42. The van der Waals surface area contributed by atoms with Crippen LogP contribution in [0.3, 0.4) is 0 Å². The predicted molar refractivity (Wildman–Crippen MR) is 79.0 cm³/mol. The highest BCUT2D eigenvalue weighted by Gasteiger charge is 2.34. The van der Waals surface area contributed by atoms with Gasteiger partial charge in [0.15, 0.2) is 0 Å². The number of hydrogen-bond acceptors (Lipinski definition) is 5. The minimum Gasteiger partial charge on any atom is -0.399 e. The zero-order valence-electron chi connectivity index (χ0n) is 11.5. The second-order valence-electron chi connectivity index (χ2n) is 5.23. The Morgan fingerprint density at radius 2 is 2.00 bits per heavy atom. The maximum Gasteiger partial charge on any atom is 0.242 e. The van der Waals surface area contributed by atoms with E-state index in [0.717, 1.165) is 25.7 Å². The Morgan fingerprint density at radius 1 is 1.35 bits per heavy atom. The summed E-state index contributed by atoms with van der Waals surface area (Å²) < 4.78 is 26.4. The van der Waals surface area contributed by atoms with Gasteiger partial charge in [0.1, 0.15) is 4.90 Å². The quantitative estimate of drug-likeness (QED) is 0.605. The zero-order chi connectivity index (χ0) is 14.8. The van der Waals surface area contributed by atoms with Crippen LogP contribution in [0.15, 0.2) is 23.1 Å². The maximum absolute atomic E-state index is 12.1. The van der Waals surface area contributed by atoms with Gasteiger partial charge in [-0.2, -0.15) is 0 Å². The Morgan fingerprint density at radius 3 is 2.55 bits per heavy atom. The van der Waals surface area contributed by atoms with E-state index in [9.17, 15) is 13.5 Å². The van der Waals surface area contributed by atoms with Crippen LogP contribution in [0.5, 0.6) is 0 Å². The highest BCUT2D eigenvalue weighted by atomic mass is 32.2. The van der Waals surface area contributed by atoms with E-state index in [0.29, 0.717) is 11.4 Å². The van der Waals surface area contributed by atoms with Crippen molar-refractivity contribution in [3.8, 4) is 0 Å². The van der Waals surface area contributed by atoms with Gasteiger partial charge >= 0.3 is 0 Å². The summed E-state index contributed by atoms with van der Waals surface area (Å²) in [6.45, 7) is -0.0174. The Hall–Kier alpha value is -1.31. The fourth-order valence-electron chi connectivity index (χ4n) is 2.63. The number of nitrogens with two attached hydrogens (primary N) is 1. The lowest BCUT2D eigenvalue weighted by Gasteiger charge is -2.30. The second-order valence-corrected chi connectivity index (χ2v) is 7.09. The number of benzene rings is 1. The van der Waals surface area contributed by atoms with E-state index in [1.807, 2.05) is 0 Å². The summed E-state index contributed by atoms with van der Waals surface area (Å²) in [4.78, 5) is 0.111. The Bertz CT molecular complexity index is 581. The summed E-state index contributed by atoms with van der Waals surface area (Å²) in [7, 11) is -2.24. The summed E-state index contributed by atoms with van der Waals surface area (Å²) in [5.41, 5.74) is 6.11. The van der Waals surface area contributed by atoms with Gasteiger partial charge in [0.25, 0.3) is 0 Å². The maximum atomic E-state index is 12.1. The standard InChI is InChI=1S/C13H21N3O3S/c1-15-20(18,19)12-8-10(14)4-5-11(12)16-13(9-17)6-2-3-7-13/h4-5,8,15-17H,2-3,6-7,9,14H2,1H3. The van der Waals surface area contributed by atoms with Crippen molar-refractivity contribution in [2.45, 2.75) is 36.1 Å². The molecule has 0 atom stereocenters. The first-order valence-corrected chi connectivity index (χ1v) is 8.13. The van der Waals surface area contributed by atoms with Crippen LogP contribution >= 0.6 is 0 Å². The Kier molecular flexibility index (Phi) is 4.22. The van der Waals surface area contributed by atoms with Crippen LogP contribution in [0.25, 0.3) is 0 Å². The van der Waals surface area contributed by atoms with Gasteiger partial charge in [0.05, 0.1) is 17.8 Å². The van der Waals surface area contributed by atoms with E-state index in [1.54, 1.807) is 12.1 Å². The fraction of sp³-hybridized carbons (Fsp3) is 0.538. The van der Waals surface area contributed by atoms with Crippen molar-refractivity contribution in [1.29, 1.82) is 0 Å². The molecule has 1 saturated carbocycles. The summed E-state index contributed by atoms with van der Waals surface area (Å²) in [6, 6.07) is 4.72. The molecular weight excluding hydrogens is 278 g/mol. The molecule has 1 aliphatic carbocycles. The van der Waals surface area contributed by atoms with Gasteiger partial charge in [-0.1, -0.05) is 12.8 Å². The van der Waals surface area contributed by atoms with Gasteiger partial charge in [-0.3, -0.25) is 0 Å². The molecule has 2 rings (SSSR count). The number of sulfonamides is 1. The van der Waals surface area contributed by atoms with E-state index in [-0.39, 0.29) is 11.5 Å². The minimum atomic E-state index is -3.60. The van der Waals surface area contributed by atoms with Crippen LogP contribution in [0.4, 0.5) is 11.4 Å². The van der Waals surface area contributed by atoms with Crippen LogP contribution < -0.4 is 15.8 Å². The molecule has 1 aromatic carbocycles. The normalized spacial score (nSPS) is 18.1. The SMILES string of the molecule is CNS(=O)(=O)c1cc(N)ccc1NC1(CO)CCCC1. The number of nitrogen functional groups attached to an aromatic ring is 1. The third kappa shape index (κ3) is 2.89. The molecule has 1 aliphatic rings. The monoisotopic (exact) mass is 299 g/mol. The predicted octanol–water partition coefficient (Wildman–Crippen LogP) is 0.894. The first-order valence-electron chi connectivity index (χ1n) is 6.65. The molecule has 0 radical (unpaired) electrons. The Labute approximate surface area is 119 Å². The average molecular weight is 299 g/mol. The lowest BCUT2D eigenvalue weighted by atomic mass is 9.98. The van der Waals surface area contributed by atoms with Gasteiger partial charge in [0.2, 0.25) is 10.0 Å². The largest absolute Gasteiger partial charge is 0.399 e. The van der Waals surface area contributed by atoms with Crippen molar-refractivity contribution >= 4 is 21.4 Å². The lowest BCUT2D eigenvalue weighted by Crippen LogP contribution is -2.39. The van der Waals surface area contributed by atoms with Crippen LogP contribution in [-0.2, 0) is 10.0 Å². The zero-order valence-corrected chi connectivity index (χ0v) is 12.3. The van der Waals surface area contributed by atoms with E-state index < -0.39 is 15.6 Å². The molecule has 20 heavy (non-hydrogen) atoms. The number of aliphatic hydroxyl groups excluding tert-OH is 1. The minimum absolute atomic E-state index is 0.0174. The molecule has 0 amide bonds. The smallest absolute Gasteiger partial charge is 0.242 e. The molecule has 5 N–H and O–H groups in total. The molecule has 0 aliphatic heterocycles. The highest BCUT2D eigenvalue weighted by molar-refractivity contribution is 7.89. The molecule has 0 heterocycles. The van der Waals surface area contributed by atoms with Crippen molar-refractivity contribution in [3.63, 3.8) is 0 Å². The Balaban J connectivity index is 2.42. The molecule has 1 fully saturated rings. The van der Waals surface area contributed by atoms with Crippen LogP contribution in [0, 0.1) is 0 Å². The van der Waals surface area contributed by atoms with Crippen LogP contribution in [0.1, 0.15) is 25.7 Å². The molecule has 0 spiro atoms. The molecule has 7 heteroatoms. The summed E-state index contributed by atoms with van der Waals surface area (Å²) in [5, 5.41) is 12.8. The summed E-state index contributed by atoms with van der Waals surface area (Å²) >= 11 is 0. The molecule has 6 nitrogen and oxygen atoms in total. The van der Waals surface area contributed by atoms with E-state index in [4.69, 9.17) is 5.73 Å². The van der Waals surface area contributed by atoms with Gasteiger partial charge in [-0.25, -0.2) is 13.1 Å². The fourth-order valence-corrected chi connectivity index (χ4v) is 3.55. The lowest BCUT2D eigenvalue weighted by molar-refractivity contribution is 0.214. The van der Waals surface area contributed by atoms with Gasteiger partial charge in [-0.05, 0) is 38.1 Å². The van der Waals surface area contributed by atoms with Gasteiger partial charge in [0, 0.05) is 5.69 Å². The third-order valence-electron chi connectivity index (χ3n) is 3.83.